The van der Waals surface area contributed by atoms with E-state index in [9.17, 15) is 0 Å². The van der Waals surface area contributed by atoms with Gasteiger partial charge in [-0.2, -0.15) is 0 Å². The number of rotatable bonds is 0. The van der Waals surface area contributed by atoms with E-state index >= 15 is 0 Å². The van der Waals surface area contributed by atoms with E-state index in [-0.39, 0.29) is 36.5 Å². The van der Waals surface area contributed by atoms with Gasteiger partial charge in [0.2, 0.25) is 0 Å². The molecule has 0 aliphatic rings. The van der Waals surface area contributed by atoms with Crippen molar-refractivity contribution in [1.29, 1.82) is 0 Å². The van der Waals surface area contributed by atoms with E-state index in [1.165, 1.54) is 0 Å². The van der Waals surface area contributed by atoms with Gasteiger partial charge >= 0.3 is 0 Å². The van der Waals surface area contributed by atoms with Crippen molar-refractivity contribution in [3.8, 4) is 0 Å². The van der Waals surface area contributed by atoms with Crippen molar-refractivity contribution in [1.82, 2.24) is 0 Å². The zero-order valence-corrected chi connectivity index (χ0v) is 10.8. The van der Waals surface area contributed by atoms with E-state index < -0.39 is 8.07 Å². The fourth-order valence-corrected chi connectivity index (χ4v) is 0. The Morgan fingerprint density at radius 3 is 1.14 bits per heavy atom. The molecule has 0 aliphatic heterocycles. The van der Waals surface area contributed by atoms with Gasteiger partial charge in [-0.3, -0.25) is 0 Å². The van der Waals surface area contributed by atoms with Gasteiger partial charge in [-0.1, -0.05) is 26.2 Å². The summed E-state index contributed by atoms with van der Waals surface area (Å²) in [6.45, 7) is 10.6. The third kappa shape index (κ3) is 119. The Kier molecular flexibility index (Phi) is 12.3. The van der Waals surface area contributed by atoms with Crippen molar-refractivity contribution in [2.75, 3.05) is 0 Å². The van der Waals surface area contributed by atoms with Gasteiger partial charge in [0.25, 0.3) is 0 Å². The average molecular weight is 233 g/mol. The van der Waals surface area contributed by atoms with Gasteiger partial charge < -0.3 is 17.0 Å². The molecule has 0 spiro atoms. The Labute approximate surface area is 70.6 Å². The quantitative estimate of drug-likeness (QED) is 0.456. The van der Waals surface area contributed by atoms with Crippen molar-refractivity contribution < 1.29 is 36.5 Å². The third-order valence-electron chi connectivity index (χ3n) is 0. The van der Waals surface area contributed by atoms with Crippen molar-refractivity contribution in [3.05, 3.63) is 6.55 Å². The van der Waals surface area contributed by atoms with Crippen LogP contribution in [0, 0.1) is 6.55 Å². The molecule has 0 bridgehead atoms. The van der Waals surface area contributed by atoms with Gasteiger partial charge in [0.15, 0.2) is 0 Å². The third-order valence-corrected chi connectivity index (χ3v) is 0. The van der Waals surface area contributed by atoms with Gasteiger partial charge in [0.1, 0.15) is 0 Å². The average Bonchev–Trinajstić information content (AvgIpc) is 0.722. The molecule has 0 amide bonds. The van der Waals surface area contributed by atoms with Crippen molar-refractivity contribution >= 4 is 8.07 Å². The summed E-state index contributed by atoms with van der Waals surface area (Å²) in [5.41, 5.74) is 0. The molecule has 41 valence electrons. The molecule has 1 radical (unpaired) electrons. The molecule has 0 aromatic carbocycles. The van der Waals surface area contributed by atoms with Crippen molar-refractivity contribution in [3.63, 3.8) is 0 Å². The summed E-state index contributed by atoms with van der Waals surface area (Å²) in [5, 5.41) is 0. The van der Waals surface area contributed by atoms with Gasteiger partial charge in [-0.15, -0.1) is 0 Å². The molecule has 0 aliphatic carbocycles. The van der Waals surface area contributed by atoms with Gasteiger partial charge in [-0.05, 0) is 0 Å². The Morgan fingerprint density at radius 2 is 1.14 bits per heavy atom. The van der Waals surface area contributed by atoms with E-state index in [4.69, 9.17) is 0 Å². The fraction of sp³-hybridized carbons (Fsp3) is 0.750. The van der Waals surface area contributed by atoms with Crippen LogP contribution in [0.1, 0.15) is 0 Å². The van der Waals surface area contributed by atoms with E-state index in [0.717, 1.165) is 0 Å². The Bertz CT molecular complexity index is 27.2. The van der Waals surface area contributed by atoms with E-state index in [0.29, 0.717) is 0 Å². The first-order valence-electron chi connectivity index (χ1n) is 1.85. The predicted octanol–water partition coefficient (Wildman–Crippen LogP) is -1.30. The molecule has 0 aromatic rings. The molecular weight excluding hydrogens is 221 g/mol. The Balaban J connectivity index is -0.0000000800. The van der Waals surface area contributed by atoms with E-state index in [1.807, 2.05) is 0 Å². The summed E-state index contributed by atoms with van der Waals surface area (Å²) < 4.78 is 0. The molecule has 0 unspecified atom stereocenters. The molecule has 0 rings (SSSR count). The Hall–Kier alpha value is 1.32. The van der Waals surface area contributed by atoms with Crippen LogP contribution in [0.15, 0.2) is 0 Å². The predicted molar refractivity (Wildman–Crippen MR) is 28.7 cm³/mol. The van der Waals surface area contributed by atoms with Crippen molar-refractivity contribution in [2.24, 2.45) is 0 Å². The monoisotopic (exact) mass is 230 g/mol. The van der Waals surface area contributed by atoms with E-state index in [2.05, 4.69) is 26.2 Å². The second-order valence-corrected chi connectivity index (χ2v) is 7.68. The summed E-state index contributed by atoms with van der Waals surface area (Å²) in [6.07, 6.45) is 0. The molecule has 0 heterocycles. The van der Waals surface area contributed by atoms with Crippen LogP contribution in [0.4, 0.5) is 0 Å². The molecule has 0 saturated heterocycles. The second-order valence-electron chi connectivity index (χ2n) is 2.56. The van der Waals surface area contributed by atoms with Gasteiger partial charge in [0.05, 0.1) is 0 Å². The van der Waals surface area contributed by atoms with Crippen LogP contribution in [-0.4, -0.2) is 8.07 Å². The standard InChI is InChI=1S/C4H11Si.BrH.Zn/c1-5(2,3)4;;/h1H2,2-4H3;1H;/p-1. The SMILES string of the molecule is [Br-].[CH2][Si](C)(C)C.[Zn]. The number of halogens is 1. The molecule has 0 N–H and O–H groups in total. The maximum absolute atomic E-state index is 3.91. The zero-order valence-electron chi connectivity index (χ0n) is 5.29. The summed E-state index contributed by atoms with van der Waals surface area (Å²) >= 11 is 0. The molecule has 0 aromatic heterocycles. The van der Waals surface area contributed by atoms with Crippen LogP contribution in [0.25, 0.3) is 0 Å². The minimum absolute atomic E-state index is 0. The molecule has 0 atom stereocenters. The number of hydrogen-bond acceptors (Lipinski definition) is 0. The van der Waals surface area contributed by atoms with Crippen LogP contribution in [-0.2, 0) is 19.5 Å². The van der Waals surface area contributed by atoms with Crippen LogP contribution < -0.4 is 17.0 Å². The molecule has 3 heteroatoms. The maximum atomic E-state index is 3.91. The van der Waals surface area contributed by atoms with Crippen molar-refractivity contribution in [2.45, 2.75) is 19.6 Å². The van der Waals surface area contributed by atoms with Gasteiger partial charge in [-0.25, -0.2) is 0 Å². The fourth-order valence-electron chi connectivity index (χ4n) is 0. The molecule has 0 saturated carbocycles. The minimum atomic E-state index is -0.861. The van der Waals surface area contributed by atoms with Crippen LogP contribution in [0.2, 0.25) is 19.6 Å². The van der Waals surface area contributed by atoms with Gasteiger partial charge in [0, 0.05) is 27.6 Å². The maximum Gasteiger partial charge on any atom is 0.0439 e. The molecular formula is C4H11BrSiZn-. The summed E-state index contributed by atoms with van der Waals surface area (Å²) in [7, 11) is -0.861. The second kappa shape index (κ2) is 5.46. The topological polar surface area (TPSA) is 0 Å². The smallest absolute Gasteiger partial charge is 0.0439 e. The van der Waals surface area contributed by atoms with Crippen LogP contribution in [0.5, 0.6) is 0 Å². The first-order chi connectivity index (χ1) is 2.00. The summed E-state index contributed by atoms with van der Waals surface area (Å²) in [6, 6.07) is 0. The zero-order chi connectivity index (χ0) is 4.50. The first kappa shape index (κ1) is 15.8. The summed E-state index contributed by atoms with van der Waals surface area (Å²) in [5.74, 6) is 0. The van der Waals surface area contributed by atoms with E-state index in [1.54, 1.807) is 0 Å². The number of hydrogen-bond donors (Lipinski definition) is 0. The molecule has 7 heavy (non-hydrogen) atoms. The first-order valence-corrected chi connectivity index (χ1v) is 5.56. The summed E-state index contributed by atoms with van der Waals surface area (Å²) in [4.78, 5) is 0. The minimum Gasteiger partial charge on any atom is -1.00 e. The molecule has 0 nitrogen and oxygen atoms in total. The molecule has 0 fully saturated rings. The Morgan fingerprint density at radius 1 is 1.14 bits per heavy atom. The van der Waals surface area contributed by atoms with Crippen LogP contribution >= 0.6 is 0 Å². The van der Waals surface area contributed by atoms with Crippen LogP contribution in [0.3, 0.4) is 0 Å². The normalized spacial score (nSPS) is 8.57. The largest absolute Gasteiger partial charge is 1.00 e.